The molecule has 0 radical (unpaired) electrons. The molecule has 2 nitrogen and oxygen atoms in total. The van der Waals surface area contributed by atoms with Gasteiger partial charge in [-0.25, -0.2) is 0 Å². The number of ketones is 2. The third-order valence-electron chi connectivity index (χ3n) is 6.72. The molecule has 0 heterocycles. The molecule has 2 saturated carbocycles. The average molecular weight is 363 g/mol. The number of benzene rings is 1. The van der Waals surface area contributed by atoms with Gasteiger partial charge in [0.2, 0.25) is 0 Å². The summed E-state index contributed by atoms with van der Waals surface area (Å²) in [5.74, 6) is 1.01. The smallest absolute Gasteiger partial charge is 0.161 e. The van der Waals surface area contributed by atoms with Crippen LogP contribution in [-0.4, -0.2) is 11.6 Å². The van der Waals surface area contributed by atoms with Crippen molar-refractivity contribution in [2.45, 2.75) is 64.2 Å². The molecule has 3 aliphatic carbocycles. The van der Waals surface area contributed by atoms with E-state index >= 15 is 0 Å². The summed E-state index contributed by atoms with van der Waals surface area (Å²) in [7, 11) is 0. The molecule has 0 spiro atoms. The molecule has 1 aromatic rings. The fourth-order valence-corrected chi connectivity index (χ4v) is 5.23. The predicted octanol–water partition coefficient (Wildman–Crippen LogP) is 5.93. The van der Waals surface area contributed by atoms with Crippen LogP contribution in [0.25, 0.3) is 6.08 Å². The molecule has 142 valence electrons. The summed E-state index contributed by atoms with van der Waals surface area (Å²) in [4.78, 5) is 26.0. The molecule has 4 rings (SSSR count). The molecular weight excluding hydrogens is 332 g/mol. The highest BCUT2D eigenvalue weighted by atomic mass is 16.1. The molecule has 0 saturated heterocycles. The zero-order valence-electron chi connectivity index (χ0n) is 16.2. The summed E-state index contributed by atoms with van der Waals surface area (Å²) in [5, 5.41) is 0. The molecule has 27 heavy (non-hydrogen) atoms. The van der Waals surface area contributed by atoms with Crippen LogP contribution in [0.15, 0.2) is 47.6 Å². The van der Waals surface area contributed by atoms with E-state index in [4.69, 9.17) is 0 Å². The second-order valence-corrected chi connectivity index (χ2v) is 8.52. The SMILES string of the molecule is O=C1/C(=C/c2ccccc2)CC[C@H]1C[C@H]1CCC[C@H](C2=CCCCC2)C1=O. The van der Waals surface area contributed by atoms with Gasteiger partial charge in [0.25, 0.3) is 0 Å². The Morgan fingerprint density at radius 1 is 0.889 bits per heavy atom. The van der Waals surface area contributed by atoms with Crippen LogP contribution in [0.5, 0.6) is 0 Å². The molecule has 0 aliphatic heterocycles. The van der Waals surface area contributed by atoms with Gasteiger partial charge in [-0.15, -0.1) is 0 Å². The lowest BCUT2D eigenvalue weighted by Crippen LogP contribution is -2.32. The Labute approximate surface area is 162 Å². The Morgan fingerprint density at radius 3 is 2.52 bits per heavy atom. The molecule has 0 amide bonds. The Hall–Kier alpha value is -1.96. The van der Waals surface area contributed by atoms with Gasteiger partial charge in [0.1, 0.15) is 5.78 Å². The fraction of sp³-hybridized carbons (Fsp3) is 0.520. The number of allylic oxidation sites excluding steroid dienone is 3. The monoisotopic (exact) mass is 362 g/mol. The molecule has 3 aliphatic rings. The summed E-state index contributed by atoms with van der Waals surface area (Å²) in [6, 6.07) is 10.1. The third-order valence-corrected chi connectivity index (χ3v) is 6.72. The molecule has 3 atom stereocenters. The minimum absolute atomic E-state index is 0.0491. The van der Waals surface area contributed by atoms with E-state index in [9.17, 15) is 9.59 Å². The fourth-order valence-electron chi connectivity index (χ4n) is 5.23. The van der Waals surface area contributed by atoms with Crippen molar-refractivity contribution in [2.75, 3.05) is 0 Å². The number of Topliss-reactive ketones (excluding diaryl/α,β-unsaturated/α-hetero) is 2. The number of rotatable bonds is 4. The molecule has 0 unspecified atom stereocenters. The van der Waals surface area contributed by atoms with Crippen molar-refractivity contribution < 1.29 is 9.59 Å². The van der Waals surface area contributed by atoms with Crippen molar-refractivity contribution in [3.8, 4) is 0 Å². The largest absolute Gasteiger partial charge is 0.299 e. The van der Waals surface area contributed by atoms with Gasteiger partial charge in [0.05, 0.1) is 0 Å². The first-order valence-corrected chi connectivity index (χ1v) is 10.7. The van der Waals surface area contributed by atoms with E-state index < -0.39 is 0 Å². The van der Waals surface area contributed by atoms with Crippen LogP contribution < -0.4 is 0 Å². The van der Waals surface area contributed by atoms with E-state index in [1.807, 2.05) is 36.4 Å². The van der Waals surface area contributed by atoms with Crippen molar-refractivity contribution in [1.82, 2.24) is 0 Å². The van der Waals surface area contributed by atoms with Crippen molar-refractivity contribution in [3.63, 3.8) is 0 Å². The van der Waals surface area contributed by atoms with Crippen LogP contribution in [0.2, 0.25) is 0 Å². The number of hydrogen-bond acceptors (Lipinski definition) is 2. The highest BCUT2D eigenvalue weighted by molar-refractivity contribution is 6.03. The van der Waals surface area contributed by atoms with Crippen molar-refractivity contribution in [3.05, 3.63) is 53.1 Å². The van der Waals surface area contributed by atoms with E-state index in [1.165, 1.54) is 18.4 Å². The van der Waals surface area contributed by atoms with Gasteiger partial charge in [0, 0.05) is 17.8 Å². The maximum absolute atomic E-state index is 13.1. The first-order chi connectivity index (χ1) is 13.2. The van der Waals surface area contributed by atoms with E-state index in [0.29, 0.717) is 5.78 Å². The summed E-state index contributed by atoms with van der Waals surface area (Å²) in [5.41, 5.74) is 3.44. The van der Waals surface area contributed by atoms with Crippen LogP contribution in [0.3, 0.4) is 0 Å². The first kappa shape index (κ1) is 18.4. The van der Waals surface area contributed by atoms with Crippen molar-refractivity contribution in [2.24, 2.45) is 17.8 Å². The molecule has 1 aromatic carbocycles. The van der Waals surface area contributed by atoms with E-state index in [-0.39, 0.29) is 23.5 Å². The highest BCUT2D eigenvalue weighted by Crippen LogP contribution is 2.40. The van der Waals surface area contributed by atoms with Crippen LogP contribution >= 0.6 is 0 Å². The van der Waals surface area contributed by atoms with Gasteiger partial charge in [0.15, 0.2) is 5.78 Å². The third kappa shape index (κ3) is 4.15. The quantitative estimate of drug-likeness (QED) is 0.492. The lowest BCUT2D eigenvalue weighted by Gasteiger charge is -2.31. The minimum atomic E-state index is 0.0491. The molecular formula is C25H30O2. The van der Waals surface area contributed by atoms with Crippen LogP contribution in [0.1, 0.15) is 69.8 Å². The predicted molar refractivity (Wildman–Crippen MR) is 109 cm³/mol. The van der Waals surface area contributed by atoms with Crippen LogP contribution in [0, 0.1) is 17.8 Å². The van der Waals surface area contributed by atoms with E-state index in [0.717, 1.165) is 62.5 Å². The zero-order valence-corrected chi connectivity index (χ0v) is 16.2. The number of carbonyl (C=O) groups excluding carboxylic acids is 2. The Bertz CT molecular complexity index is 756. The molecule has 2 heteroatoms. The summed E-state index contributed by atoms with van der Waals surface area (Å²) in [6.45, 7) is 0. The minimum Gasteiger partial charge on any atom is -0.299 e. The Morgan fingerprint density at radius 2 is 1.74 bits per heavy atom. The van der Waals surface area contributed by atoms with Gasteiger partial charge in [-0.05, 0) is 75.0 Å². The van der Waals surface area contributed by atoms with Crippen molar-refractivity contribution >= 4 is 17.6 Å². The Kier molecular flexibility index (Phi) is 5.71. The summed E-state index contributed by atoms with van der Waals surface area (Å²) < 4.78 is 0. The molecule has 0 N–H and O–H groups in total. The second-order valence-electron chi connectivity index (χ2n) is 8.52. The normalized spacial score (nSPS) is 30.6. The van der Waals surface area contributed by atoms with Crippen molar-refractivity contribution in [1.29, 1.82) is 0 Å². The lowest BCUT2D eigenvalue weighted by molar-refractivity contribution is -0.129. The van der Waals surface area contributed by atoms with Gasteiger partial charge >= 0.3 is 0 Å². The van der Waals surface area contributed by atoms with Crippen LogP contribution in [-0.2, 0) is 9.59 Å². The first-order valence-electron chi connectivity index (χ1n) is 10.7. The molecule has 0 aromatic heterocycles. The maximum Gasteiger partial charge on any atom is 0.161 e. The van der Waals surface area contributed by atoms with Gasteiger partial charge in [-0.3, -0.25) is 9.59 Å². The molecule has 0 bridgehead atoms. The van der Waals surface area contributed by atoms with Gasteiger partial charge in [-0.1, -0.05) is 48.4 Å². The summed E-state index contributed by atoms with van der Waals surface area (Å²) >= 11 is 0. The topological polar surface area (TPSA) is 34.1 Å². The van der Waals surface area contributed by atoms with Crippen LogP contribution in [0.4, 0.5) is 0 Å². The standard InChI is InChI=1S/C25H30O2/c26-24-21(16-18-8-3-1-4-9-18)14-15-22(24)17-20-12-7-13-23(25(20)27)19-10-5-2-6-11-19/h1,3-4,8-10,16,20,22-23H,2,5-7,11-15,17H2/b21-16+/t20-,22+,23-/m1/s1. The van der Waals surface area contributed by atoms with E-state index in [1.54, 1.807) is 0 Å². The second kappa shape index (κ2) is 8.37. The van der Waals surface area contributed by atoms with Gasteiger partial charge < -0.3 is 0 Å². The number of hydrogen-bond donors (Lipinski definition) is 0. The maximum atomic E-state index is 13.1. The lowest BCUT2D eigenvalue weighted by atomic mass is 9.71. The molecule has 2 fully saturated rings. The number of carbonyl (C=O) groups is 2. The highest BCUT2D eigenvalue weighted by Gasteiger charge is 2.38. The zero-order chi connectivity index (χ0) is 18.6. The van der Waals surface area contributed by atoms with E-state index in [2.05, 4.69) is 6.08 Å². The Balaban J connectivity index is 1.41. The average Bonchev–Trinajstić information content (AvgIpc) is 3.04. The summed E-state index contributed by atoms with van der Waals surface area (Å²) in [6.07, 6.45) is 14.8. The van der Waals surface area contributed by atoms with Gasteiger partial charge in [-0.2, -0.15) is 0 Å².